The van der Waals surface area contributed by atoms with Gasteiger partial charge in [-0.05, 0) is 39.2 Å². The highest BCUT2D eigenvalue weighted by Crippen LogP contribution is 2.18. The first-order chi connectivity index (χ1) is 13.1. The van der Waals surface area contributed by atoms with E-state index in [2.05, 4.69) is 27.4 Å². The van der Waals surface area contributed by atoms with Gasteiger partial charge < -0.3 is 25.0 Å². The minimum absolute atomic E-state index is 0. The maximum Gasteiger partial charge on any atom is 0.239 e. The van der Waals surface area contributed by atoms with Crippen LogP contribution in [0.1, 0.15) is 32.6 Å². The number of likely N-dealkylation sites (tertiary alicyclic amines) is 1. The molecule has 0 radical (unpaired) electrons. The Labute approximate surface area is 187 Å². The van der Waals surface area contributed by atoms with Crippen LogP contribution in [0.25, 0.3) is 0 Å². The molecule has 1 fully saturated rings. The van der Waals surface area contributed by atoms with Gasteiger partial charge in [0.2, 0.25) is 5.91 Å². The topological polar surface area (TPSA) is 78.4 Å². The van der Waals surface area contributed by atoms with Gasteiger partial charge in [-0.25, -0.2) is 0 Å². The van der Waals surface area contributed by atoms with E-state index in [0.29, 0.717) is 19.8 Å². The van der Waals surface area contributed by atoms with Gasteiger partial charge in [-0.1, -0.05) is 0 Å². The number of amides is 1. The quantitative estimate of drug-likeness (QED) is 0.167. The number of carbonyl (C=O) groups excluding carboxylic acids is 1. The van der Waals surface area contributed by atoms with E-state index in [-0.39, 0.29) is 35.9 Å². The van der Waals surface area contributed by atoms with Gasteiger partial charge in [0.1, 0.15) is 0 Å². The van der Waals surface area contributed by atoms with Gasteiger partial charge in [0.25, 0.3) is 0 Å². The standard InChI is InChI=1S/C19H39N5O3.HI/c1-5-20-19(22-11-8-14-27-16-15-26-4)21-10-7-13-24-12-6-9-17(24)18(25)23(2)3;/h17H,5-16H2,1-4H3,(H2,20,21,22);1H. The maximum absolute atomic E-state index is 12.2. The molecule has 0 aromatic rings. The zero-order chi connectivity index (χ0) is 19.9. The van der Waals surface area contributed by atoms with Crippen molar-refractivity contribution >= 4 is 35.8 Å². The van der Waals surface area contributed by atoms with E-state index in [1.807, 2.05) is 14.1 Å². The molecule has 0 aromatic carbocycles. The molecule has 1 amide bonds. The predicted octanol–water partition coefficient (Wildman–Crippen LogP) is 1.16. The average molecular weight is 513 g/mol. The van der Waals surface area contributed by atoms with Gasteiger partial charge in [0.05, 0.1) is 19.3 Å². The molecule has 8 nitrogen and oxygen atoms in total. The summed E-state index contributed by atoms with van der Waals surface area (Å²) in [5.41, 5.74) is 0. The van der Waals surface area contributed by atoms with Crippen molar-refractivity contribution in [3.05, 3.63) is 0 Å². The van der Waals surface area contributed by atoms with Crippen LogP contribution in [0.15, 0.2) is 4.99 Å². The third-order valence-corrected chi connectivity index (χ3v) is 4.50. The van der Waals surface area contributed by atoms with Crippen molar-refractivity contribution in [2.24, 2.45) is 4.99 Å². The second kappa shape index (κ2) is 17.2. The minimum Gasteiger partial charge on any atom is -0.382 e. The fraction of sp³-hybridized carbons (Fsp3) is 0.895. The number of aliphatic imine (C=N–C) groups is 1. The van der Waals surface area contributed by atoms with E-state index in [9.17, 15) is 4.79 Å². The van der Waals surface area contributed by atoms with Gasteiger partial charge in [-0.2, -0.15) is 0 Å². The highest BCUT2D eigenvalue weighted by Gasteiger charge is 2.30. The molecule has 1 unspecified atom stereocenters. The molecule has 1 aliphatic heterocycles. The number of carbonyl (C=O) groups is 1. The molecule has 2 N–H and O–H groups in total. The van der Waals surface area contributed by atoms with Crippen molar-refractivity contribution in [1.29, 1.82) is 0 Å². The smallest absolute Gasteiger partial charge is 0.239 e. The summed E-state index contributed by atoms with van der Waals surface area (Å²) in [5.74, 6) is 1.07. The molecular weight excluding hydrogens is 473 g/mol. The van der Waals surface area contributed by atoms with Crippen LogP contribution in [0.2, 0.25) is 0 Å². The fourth-order valence-electron chi connectivity index (χ4n) is 3.10. The third-order valence-electron chi connectivity index (χ3n) is 4.50. The summed E-state index contributed by atoms with van der Waals surface area (Å²) in [4.78, 5) is 20.8. The van der Waals surface area contributed by atoms with Crippen molar-refractivity contribution in [2.45, 2.75) is 38.6 Å². The molecule has 166 valence electrons. The predicted molar refractivity (Wildman–Crippen MR) is 125 cm³/mol. The molecule has 0 spiro atoms. The minimum atomic E-state index is 0. The lowest BCUT2D eigenvalue weighted by Gasteiger charge is -2.26. The Bertz CT molecular complexity index is 438. The summed E-state index contributed by atoms with van der Waals surface area (Å²) in [5, 5.41) is 6.65. The number of halogens is 1. The van der Waals surface area contributed by atoms with Crippen LogP contribution in [-0.4, -0.2) is 101 Å². The lowest BCUT2D eigenvalue weighted by molar-refractivity contribution is -0.133. The zero-order valence-electron chi connectivity index (χ0n) is 18.0. The second-order valence-corrected chi connectivity index (χ2v) is 6.93. The summed E-state index contributed by atoms with van der Waals surface area (Å²) in [6.45, 7) is 8.38. The summed E-state index contributed by atoms with van der Waals surface area (Å²) in [6.07, 6.45) is 3.96. The van der Waals surface area contributed by atoms with Crippen molar-refractivity contribution < 1.29 is 14.3 Å². The maximum atomic E-state index is 12.2. The monoisotopic (exact) mass is 513 g/mol. The normalized spacial score (nSPS) is 17.3. The third kappa shape index (κ3) is 11.4. The molecule has 1 rings (SSSR count). The average Bonchev–Trinajstić information content (AvgIpc) is 3.11. The Morgan fingerprint density at radius 1 is 1.21 bits per heavy atom. The summed E-state index contributed by atoms with van der Waals surface area (Å²) >= 11 is 0. The van der Waals surface area contributed by atoms with E-state index in [4.69, 9.17) is 9.47 Å². The fourth-order valence-corrected chi connectivity index (χ4v) is 3.10. The van der Waals surface area contributed by atoms with E-state index in [1.54, 1.807) is 12.0 Å². The molecule has 9 heteroatoms. The van der Waals surface area contributed by atoms with Gasteiger partial charge in [-0.15, -0.1) is 24.0 Å². The number of nitrogens with one attached hydrogen (secondary N) is 2. The lowest BCUT2D eigenvalue weighted by Crippen LogP contribution is -2.44. The van der Waals surface area contributed by atoms with E-state index in [0.717, 1.165) is 64.4 Å². The van der Waals surface area contributed by atoms with Crippen molar-refractivity contribution in [2.75, 3.05) is 73.7 Å². The Morgan fingerprint density at radius 3 is 2.68 bits per heavy atom. The van der Waals surface area contributed by atoms with Crippen molar-refractivity contribution in [1.82, 2.24) is 20.4 Å². The van der Waals surface area contributed by atoms with Crippen LogP contribution in [0, 0.1) is 0 Å². The summed E-state index contributed by atoms with van der Waals surface area (Å²) in [7, 11) is 5.34. The first kappa shape index (κ1) is 27.4. The van der Waals surface area contributed by atoms with Crippen LogP contribution in [-0.2, 0) is 14.3 Å². The number of methoxy groups -OCH3 is 1. The van der Waals surface area contributed by atoms with Crippen LogP contribution in [0.5, 0.6) is 0 Å². The number of hydrogen-bond donors (Lipinski definition) is 2. The number of hydrogen-bond acceptors (Lipinski definition) is 5. The van der Waals surface area contributed by atoms with E-state index < -0.39 is 0 Å². The molecule has 1 atom stereocenters. The second-order valence-electron chi connectivity index (χ2n) is 6.93. The Balaban J connectivity index is 0.00000729. The Hall–Kier alpha value is -0.650. The number of rotatable bonds is 13. The molecule has 28 heavy (non-hydrogen) atoms. The molecule has 1 saturated heterocycles. The van der Waals surface area contributed by atoms with E-state index in [1.165, 1.54) is 0 Å². The van der Waals surface area contributed by atoms with Crippen LogP contribution in [0.3, 0.4) is 0 Å². The van der Waals surface area contributed by atoms with Crippen LogP contribution in [0.4, 0.5) is 0 Å². The van der Waals surface area contributed by atoms with Gasteiger partial charge in [-0.3, -0.25) is 14.7 Å². The zero-order valence-corrected chi connectivity index (χ0v) is 20.4. The molecule has 1 aliphatic rings. The van der Waals surface area contributed by atoms with Gasteiger partial charge in [0.15, 0.2) is 5.96 Å². The number of guanidine groups is 1. The molecule has 1 heterocycles. The highest BCUT2D eigenvalue weighted by atomic mass is 127. The molecule has 0 aromatic heterocycles. The summed E-state index contributed by atoms with van der Waals surface area (Å²) < 4.78 is 10.4. The van der Waals surface area contributed by atoms with Gasteiger partial charge in [0, 0.05) is 54.0 Å². The largest absolute Gasteiger partial charge is 0.382 e. The summed E-state index contributed by atoms with van der Waals surface area (Å²) in [6, 6.07) is 0.0556. The first-order valence-electron chi connectivity index (χ1n) is 10.1. The van der Waals surface area contributed by atoms with Crippen molar-refractivity contribution in [3.63, 3.8) is 0 Å². The lowest BCUT2D eigenvalue weighted by atomic mass is 10.2. The number of nitrogens with zero attached hydrogens (tertiary/aromatic N) is 3. The number of likely N-dealkylation sites (N-methyl/N-ethyl adjacent to an activating group) is 1. The molecule has 0 bridgehead atoms. The van der Waals surface area contributed by atoms with Crippen LogP contribution >= 0.6 is 24.0 Å². The van der Waals surface area contributed by atoms with E-state index >= 15 is 0 Å². The van der Waals surface area contributed by atoms with Crippen molar-refractivity contribution in [3.8, 4) is 0 Å². The van der Waals surface area contributed by atoms with Gasteiger partial charge >= 0.3 is 0 Å². The first-order valence-corrected chi connectivity index (χ1v) is 10.1. The SMILES string of the molecule is CCNC(=NCCCOCCOC)NCCCN1CCCC1C(=O)N(C)C.I. The van der Waals surface area contributed by atoms with Crippen LogP contribution < -0.4 is 10.6 Å². The molecule has 0 saturated carbocycles. The number of ether oxygens (including phenoxy) is 2. The Kier molecular flexibility index (Phi) is 16.8. The molecule has 0 aliphatic carbocycles. The highest BCUT2D eigenvalue weighted by molar-refractivity contribution is 14.0. The molecular formula is C19H40IN5O3. The Morgan fingerprint density at radius 2 is 2.00 bits per heavy atom.